The van der Waals surface area contributed by atoms with Crippen LogP contribution in [0.5, 0.6) is 0 Å². The van der Waals surface area contributed by atoms with Gasteiger partial charge < -0.3 is 4.90 Å². The van der Waals surface area contributed by atoms with Crippen molar-refractivity contribution in [1.29, 1.82) is 0 Å². The summed E-state index contributed by atoms with van der Waals surface area (Å²) in [6, 6.07) is 4.06. The zero-order chi connectivity index (χ0) is 16.7. The van der Waals surface area contributed by atoms with Crippen LogP contribution in [0.4, 0.5) is 5.82 Å². The highest BCUT2D eigenvalue weighted by atomic mass is 32.1. The van der Waals surface area contributed by atoms with E-state index in [0.29, 0.717) is 5.92 Å². The van der Waals surface area contributed by atoms with Gasteiger partial charge in [-0.15, -0.1) is 10.2 Å². The molecule has 0 aliphatic carbocycles. The van der Waals surface area contributed by atoms with Gasteiger partial charge in [-0.2, -0.15) is 18.4 Å². The van der Waals surface area contributed by atoms with Gasteiger partial charge in [-0.3, -0.25) is 0 Å². The van der Waals surface area contributed by atoms with E-state index in [1.165, 1.54) is 11.7 Å². The number of nitrogens with zero attached hydrogens (tertiary/aromatic N) is 7. The third-order valence-corrected chi connectivity index (χ3v) is 5.06. The van der Waals surface area contributed by atoms with E-state index in [1.807, 2.05) is 22.8 Å². The number of aromatic nitrogens is 6. The Labute approximate surface area is 145 Å². The van der Waals surface area contributed by atoms with Gasteiger partial charge in [0.2, 0.25) is 0 Å². The molecule has 126 valence electrons. The summed E-state index contributed by atoms with van der Waals surface area (Å²) in [4.78, 5) is 2.29. The van der Waals surface area contributed by atoms with Gasteiger partial charge >= 0.3 is 0 Å². The van der Waals surface area contributed by atoms with Crippen LogP contribution in [-0.2, 0) is 5.41 Å². The SMILES string of the molecule is CC(C)(C)c1ccc2nnc(C3CCN(c4cnsn4)CC3)n2n1. The van der Waals surface area contributed by atoms with E-state index in [1.54, 1.807) is 0 Å². The highest BCUT2D eigenvalue weighted by Crippen LogP contribution is 2.29. The van der Waals surface area contributed by atoms with E-state index >= 15 is 0 Å². The minimum absolute atomic E-state index is 0.0106. The molecule has 1 saturated heterocycles. The smallest absolute Gasteiger partial charge is 0.177 e. The minimum atomic E-state index is 0.0106. The molecule has 3 aromatic rings. The maximum Gasteiger partial charge on any atom is 0.177 e. The van der Waals surface area contributed by atoms with Crippen molar-refractivity contribution >= 4 is 23.2 Å². The van der Waals surface area contributed by atoms with Crippen LogP contribution in [0.1, 0.15) is 51.0 Å². The normalized spacial score (nSPS) is 16.9. The molecule has 0 saturated carbocycles. The molecule has 4 heterocycles. The first-order valence-electron chi connectivity index (χ1n) is 8.28. The maximum atomic E-state index is 4.81. The number of fused-ring (bicyclic) bond motifs is 1. The molecule has 8 heteroatoms. The van der Waals surface area contributed by atoms with E-state index in [9.17, 15) is 0 Å². The lowest BCUT2D eigenvalue weighted by Gasteiger charge is -2.30. The van der Waals surface area contributed by atoms with E-state index < -0.39 is 0 Å². The van der Waals surface area contributed by atoms with Gasteiger partial charge in [0.1, 0.15) is 0 Å². The number of piperidine rings is 1. The molecule has 1 aliphatic rings. The lowest BCUT2D eigenvalue weighted by molar-refractivity contribution is 0.471. The first-order chi connectivity index (χ1) is 11.5. The van der Waals surface area contributed by atoms with Gasteiger partial charge in [-0.1, -0.05) is 20.8 Å². The molecule has 0 spiro atoms. The van der Waals surface area contributed by atoms with Crippen molar-refractivity contribution < 1.29 is 0 Å². The van der Waals surface area contributed by atoms with Crippen LogP contribution in [0.3, 0.4) is 0 Å². The summed E-state index contributed by atoms with van der Waals surface area (Å²) in [5.41, 5.74) is 1.89. The first kappa shape index (κ1) is 15.4. The van der Waals surface area contributed by atoms with Gasteiger partial charge in [0.05, 0.1) is 23.6 Å². The minimum Gasteiger partial charge on any atom is -0.354 e. The quantitative estimate of drug-likeness (QED) is 0.712. The van der Waals surface area contributed by atoms with Crippen molar-refractivity contribution in [3.63, 3.8) is 0 Å². The van der Waals surface area contributed by atoms with Gasteiger partial charge in [-0.05, 0) is 25.0 Å². The van der Waals surface area contributed by atoms with Gasteiger partial charge in [0.15, 0.2) is 17.3 Å². The van der Waals surface area contributed by atoms with Crippen molar-refractivity contribution in [2.45, 2.75) is 44.9 Å². The van der Waals surface area contributed by atoms with Crippen LogP contribution < -0.4 is 4.90 Å². The monoisotopic (exact) mass is 343 g/mol. The number of rotatable bonds is 2. The summed E-state index contributed by atoms with van der Waals surface area (Å²) in [6.07, 6.45) is 3.90. The largest absolute Gasteiger partial charge is 0.354 e. The van der Waals surface area contributed by atoms with Gasteiger partial charge in [-0.25, -0.2) is 0 Å². The van der Waals surface area contributed by atoms with Gasteiger partial charge in [0.25, 0.3) is 0 Å². The van der Waals surface area contributed by atoms with Crippen molar-refractivity contribution in [2.24, 2.45) is 0 Å². The lowest BCUT2D eigenvalue weighted by Crippen LogP contribution is -2.33. The Balaban J connectivity index is 1.58. The standard InChI is InChI=1S/C16H21N7S/c1-16(2,3)12-4-5-13-18-19-15(23(13)20-12)11-6-8-22(9-7-11)14-10-17-24-21-14/h4-5,10-11H,6-9H2,1-3H3. The average Bonchev–Trinajstić information content (AvgIpc) is 3.23. The van der Waals surface area contributed by atoms with Crippen molar-refractivity contribution in [3.05, 3.63) is 29.8 Å². The Morgan fingerprint density at radius 2 is 1.92 bits per heavy atom. The van der Waals surface area contributed by atoms with Crippen LogP contribution in [0, 0.1) is 0 Å². The molecule has 1 fully saturated rings. The molecule has 1 aliphatic heterocycles. The second kappa shape index (κ2) is 5.77. The van der Waals surface area contributed by atoms with Crippen LogP contribution in [-0.4, -0.2) is 41.6 Å². The van der Waals surface area contributed by atoms with Crippen LogP contribution >= 0.6 is 11.7 Å². The summed E-state index contributed by atoms with van der Waals surface area (Å²) < 4.78 is 10.4. The Bertz CT molecular complexity index is 826. The summed E-state index contributed by atoms with van der Waals surface area (Å²) in [7, 11) is 0. The molecule has 4 rings (SSSR count). The Morgan fingerprint density at radius 1 is 1.12 bits per heavy atom. The zero-order valence-electron chi connectivity index (χ0n) is 14.2. The third kappa shape index (κ3) is 2.75. The highest BCUT2D eigenvalue weighted by Gasteiger charge is 2.27. The van der Waals surface area contributed by atoms with E-state index in [0.717, 1.165) is 48.9 Å². The van der Waals surface area contributed by atoms with Crippen molar-refractivity contribution in [1.82, 2.24) is 28.6 Å². The first-order valence-corrected chi connectivity index (χ1v) is 9.01. The van der Waals surface area contributed by atoms with Crippen LogP contribution in [0.2, 0.25) is 0 Å². The predicted molar refractivity (Wildman–Crippen MR) is 93.6 cm³/mol. The Hall–Kier alpha value is -2.09. The molecule has 7 nitrogen and oxygen atoms in total. The molecule has 0 bridgehead atoms. The van der Waals surface area contributed by atoms with Gasteiger partial charge in [0, 0.05) is 24.4 Å². The predicted octanol–water partition coefficient (Wildman–Crippen LogP) is 2.66. The lowest BCUT2D eigenvalue weighted by atomic mass is 9.92. The Morgan fingerprint density at radius 3 is 2.58 bits per heavy atom. The van der Waals surface area contributed by atoms with E-state index in [-0.39, 0.29) is 5.41 Å². The highest BCUT2D eigenvalue weighted by molar-refractivity contribution is 6.99. The summed E-state index contributed by atoms with van der Waals surface area (Å²) >= 11 is 1.26. The molecular weight excluding hydrogens is 322 g/mol. The molecular formula is C16H21N7S. The fraction of sp³-hybridized carbons (Fsp3) is 0.562. The topological polar surface area (TPSA) is 72.1 Å². The molecule has 0 radical (unpaired) electrons. The number of hydrogen-bond donors (Lipinski definition) is 0. The fourth-order valence-corrected chi connectivity index (χ4v) is 3.56. The molecule has 24 heavy (non-hydrogen) atoms. The van der Waals surface area contributed by atoms with E-state index in [4.69, 9.17) is 5.10 Å². The molecule has 3 aromatic heterocycles. The second-order valence-electron chi connectivity index (χ2n) is 7.32. The second-order valence-corrected chi connectivity index (χ2v) is 7.88. The number of anilines is 1. The molecule has 0 N–H and O–H groups in total. The average molecular weight is 343 g/mol. The van der Waals surface area contributed by atoms with Crippen LogP contribution in [0.15, 0.2) is 18.3 Å². The summed E-state index contributed by atoms with van der Waals surface area (Å²) in [6.45, 7) is 8.44. The summed E-state index contributed by atoms with van der Waals surface area (Å²) in [5, 5.41) is 13.5. The van der Waals surface area contributed by atoms with E-state index in [2.05, 4.69) is 44.6 Å². The molecule has 0 atom stereocenters. The van der Waals surface area contributed by atoms with Crippen molar-refractivity contribution in [3.8, 4) is 0 Å². The van der Waals surface area contributed by atoms with Crippen LogP contribution in [0.25, 0.3) is 5.65 Å². The summed E-state index contributed by atoms with van der Waals surface area (Å²) in [5.74, 6) is 2.34. The molecule has 0 unspecified atom stereocenters. The number of hydrogen-bond acceptors (Lipinski definition) is 7. The fourth-order valence-electron chi connectivity index (χ4n) is 3.13. The zero-order valence-corrected chi connectivity index (χ0v) is 15.0. The van der Waals surface area contributed by atoms with Crippen molar-refractivity contribution in [2.75, 3.05) is 18.0 Å². The molecule has 0 amide bonds. The maximum absolute atomic E-state index is 4.81. The third-order valence-electron chi connectivity index (χ3n) is 4.59. The molecule has 0 aromatic carbocycles. The Kier molecular flexibility index (Phi) is 3.71.